The number of rotatable bonds is 4. The van der Waals surface area contributed by atoms with Gasteiger partial charge >= 0.3 is 5.25 Å². The summed E-state index contributed by atoms with van der Waals surface area (Å²) in [5.41, 5.74) is -1.41. The van der Waals surface area contributed by atoms with Gasteiger partial charge in [-0.25, -0.2) is 8.78 Å². The lowest BCUT2D eigenvalue weighted by atomic mass is 9.99. The number of halogens is 4. The van der Waals surface area contributed by atoms with Crippen LogP contribution in [0.2, 0.25) is 0 Å². The van der Waals surface area contributed by atoms with Gasteiger partial charge in [0, 0.05) is 16.5 Å². The van der Waals surface area contributed by atoms with Crippen LogP contribution in [0.3, 0.4) is 0 Å². The van der Waals surface area contributed by atoms with Gasteiger partial charge < -0.3 is 4.74 Å². The lowest BCUT2D eigenvalue weighted by Gasteiger charge is -2.24. The quantitative estimate of drug-likeness (QED) is 0.450. The first-order valence-electron chi connectivity index (χ1n) is 6.57. The predicted octanol–water partition coefficient (Wildman–Crippen LogP) is 4.88. The fraction of sp³-hybridized carbons (Fsp3) is 0.250. The van der Waals surface area contributed by atoms with Crippen molar-refractivity contribution in [3.05, 3.63) is 65.2 Å². The Morgan fingerprint density at radius 3 is 2.27 bits per heavy atom. The molecule has 2 aromatic carbocycles. The number of alkyl halides is 2. The van der Waals surface area contributed by atoms with Crippen molar-refractivity contribution in [3.8, 4) is 0 Å². The molecular weight excluding hydrogens is 316 g/mol. The zero-order chi connectivity index (χ0) is 16.0. The van der Waals surface area contributed by atoms with Crippen LogP contribution < -0.4 is 0 Å². The van der Waals surface area contributed by atoms with E-state index in [0.717, 1.165) is 17.7 Å². The first-order valence-corrected chi connectivity index (χ1v) is 7.39. The first-order chi connectivity index (χ1) is 10.3. The van der Waals surface area contributed by atoms with E-state index in [0.29, 0.717) is 22.7 Å². The minimum atomic E-state index is -3.37. The zero-order valence-corrected chi connectivity index (χ0v) is 12.4. The van der Waals surface area contributed by atoms with Crippen LogP contribution in [0.5, 0.6) is 0 Å². The van der Waals surface area contributed by atoms with E-state index in [4.69, 9.17) is 4.74 Å². The monoisotopic (exact) mass is 328 g/mol. The van der Waals surface area contributed by atoms with Gasteiger partial charge in [0.05, 0.1) is 6.61 Å². The van der Waals surface area contributed by atoms with Crippen molar-refractivity contribution in [1.82, 2.24) is 0 Å². The van der Waals surface area contributed by atoms with Crippen LogP contribution in [-0.4, -0.2) is 11.9 Å². The second kappa shape index (κ2) is 5.28. The number of hydrogen-bond donors (Lipinski definition) is 0. The maximum Gasteiger partial charge on any atom is 0.333 e. The molecule has 3 rings (SSSR count). The van der Waals surface area contributed by atoms with Crippen LogP contribution in [0.25, 0.3) is 0 Å². The van der Waals surface area contributed by atoms with Gasteiger partial charge in [-0.1, -0.05) is 17.7 Å². The van der Waals surface area contributed by atoms with Crippen LogP contribution in [0, 0.1) is 18.6 Å². The lowest BCUT2D eigenvalue weighted by Crippen LogP contribution is -2.32. The zero-order valence-electron chi connectivity index (χ0n) is 11.6. The van der Waals surface area contributed by atoms with Crippen LogP contribution in [-0.2, 0) is 10.3 Å². The summed E-state index contributed by atoms with van der Waals surface area (Å²) in [6.07, 6.45) is 0. The molecule has 1 heterocycles. The largest absolute Gasteiger partial charge is 0.357 e. The van der Waals surface area contributed by atoms with Crippen LogP contribution >= 0.6 is 11.8 Å². The van der Waals surface area contributed by atoms with E-state index in [1.165, 1.54) is 0 Å². The van der Waals surface area contributed by atoms with E-state index in [1.807, 2.05) is 6.92 Å². The molecule has 6 heteroatoms. The maximum atomic E-state index is 14.6. The molecule has 0 radical (unpaired) electrons. The number of thioether (sulfide) groups is 1. The molecule has 0 spiro atoms. The minimum Gasteiger partial charge on any atom is -0.357 e. The van der Waals surface area contributed by atoms with Crippen molar-refractivity contribution in [2.45, 2.75) is 22.7 Å². The number of hydrogen-bond acceptors (Lipinski definition) is 2. The Balaban J connectivity index is 1.91. The summed E-state index contributed by atoms with van der Waals surface area (Å²) in [4.78, 5) is 0.355. The third kappa shape index (κ3) is 2.61. The van der Waals surface area contributed by atoms with Crippen LogP contribution in [0.4, 0.5) is 17.6 Å². The molecule has 2 aromatic rings. The molecule has 0 bridgehead atoms. The summed E-state index contributed by atoms with van der Waals surface area (Å²) in [5.74, 6) is -1.84. The van der Waals surface area contributed by atoms with Crippen LogP contribution in [0.1, 0.15) is 11.1 Å². The van der Waals surface area contributed by atoms with Gasteiger partial charge in [0.2, 0.25) is 0 Å². The number of ether oxygens (including phenoxy) is 1. The molecular formula is C16H12F4OS. The third-order valence-electron chi connectivity index (χ3n) is 3.54. The van der Waals surface area contributed by atoms with Gasteiger partial charge in [-0.05, 0) is 43.0 Å². The molecule has 116 valence electrons. The van der Waals surface area contributed by atoms with E-state index in [9.17, 15) is 17.6 Å². The predicted molar refractivity (Wildman–Crippen MR) is 76.0 cm³/mol. The minimum absolute atomic E-state index is 0.304. The second-order valence-electron chi connectivity index (χ2n) is 5.17. The molecule has 1 unspecified atom stereocenters. The van der Waals surface area contributed by atoms with E-state index < -0.39 is 22.5 Å². The normalized spacial score (nSPS) is 21.0. The van der Waals surface area contributed by atoms with Gasteiger partial charge in [0.1, 0.15) is 11.6 Å². The van der Waals surface area contributed by atoms with E-state index in [2.05, 4.69) is 0 Å². The topological polar surface area (TPSA) is 12.5 Å². The van der Waals surface area contributed by atoms with Crippen molar-refractivity contribution in [3.63, 3.8) is 0 Å². The summed E-state index contributed by atoms with van der Waals surface area (Å²) in [7, 11) is 0. The Hall–Kier alpha value is -1.53. The molecule has 22 heavy (non-hydrogen) atoms. The fourth-order valence-corrected chi connectivity index (χ4v) is 3.17. The van der Waals surface area contributed by atoms with Crippen LogP contribution in [0.15, 0.2) is 47.4 Å². The fourth-order valence-electron chi connectivity index (χ4n) is 2.21. The summed E-state index contributed by atoms with van der Waals surface area (Å²) in [6.45, 7) is 1.55. The lowest BCUT2D eigenvalue weighted by molar-refractivity contribution is 0.00777. The van der Waals surface area contributed by atoms with E-state index in [-0.39, 0.29) is 12.2 Å². The Morgan fingerprint density at radius 2 is 1.73 bits per heavy atom. The number of epoxide rings is 1. The van der Waals surface area contributed by atoms with Gasteiger partial charge in [-0.3, -0.25) is 0 Å². The average Bonchev–Trinajstić information content (AvgIpc) is 3.23. The van der Waals surface area contributed by atoms with Gasteiger partial charge in [-0.2, -0.15) is 8.78 Å². The summed E-state index contributed by atoms with van der Waals surface area (Å²) in [6, 6.07) is 9.14. The molecule has 1 saturated heterocycles. The highest BCUT2D eigenvalue weighted by Crippen LogP contribution is 2.58. The molecule has 1 nitrogen and oxygen atoms in total. The molecule has 1 fully saturated rings. The number of aryl methyl sites for hydroxylation is 1. The molecule has 0 aromatic heterocycles. The Kier molecular flexibility index (Phi) is 3.69. The molecule has 0 N–H and O–H groups in total. The molecule has 1 aliphatic rings. The van der Waals surface area contributed by atoms with Crippen molar-refractivity contribution >= 4 is 11.8 Å². The van der Waals surface area contributed by atoms with Crippen molar-refractivity contribution in [2.24, 2.45) is 0 Å². The van der Waals surface area contributed by atoms with Crippen molar-refractivity contribution < 1.29 is 22.3 Å². The third-order valence-corrected chi connectivity index (χ3v) is 4.63. The van der Waals surface area contributed by atoms with E-state index in [1.54, 1.807) is 24.3 Å². The van der Waals surface area contributed by atoms with Gasteiger partial charge in [-0.15, -0.1) is 0 Å². The summed E-state index contributed by atoms with van der Waals surface area (Å²) < 4.78 is 60.9. The molecule has 0 aliphatic carbocycles. The van der Waals surface area contributed by atoms with Gasteiger partial charge in [0.25, 0.3) is 0 Å². The van der Waals surface area contributed by atoms with E-state index >= 15 is 0 Å². The average molecular weight is 328 g/mol. The second-order valence-corrected chi connectivity index (χ2v) is 6.36. The Bertz CT molecular complexity index is 696. The smallest absolute Gasteiger partial charge is 0.333 e. The number of benzene rings is 2. The summed E-state index contributed by atoms with van der Waals surface area (Å²) >= 11 is 0.313. The highest BCUT2D eigenvalue weighted by molar-refractivity contribution is 8.00. The molecule has 0 amide bonds. The molecule has 1 atom stereocenters. The summed E-state index contributed by atoms with van der Waals surface area (Å²) in [5, 5.41) is -3.37. The Labute approximate surface area is 129 Å². The van der Waals surface area contributed by atoms with Crippen molar-refractivity contribution in [1.29, 1.82) is 0 Å². The SMILES string of the molecule is Cc1ccc(SC(F)(F)C2(c3ccc(F)cc3F)CO2)cc1. The first kappa shape index (κ1) is 15.4. The standard InChI is InChI=1S/C16H12F4OS/c1-10-2-5-12(6-3-10)22-16(19,20)15(9-21-15)13-7-4-11(17)8-14(13)18/h2-8H,9H2,1H3. The highest BCUT2D eigenvalue weighted by atomic mass is 32.2. The van der Waals surface area contributed by atoms with Crippen molar-refractivity contribution in [2.75, 3.05) is 6.61 Å². The molecule has 1 aliphatic heterocycles. The Morgan fingerprint density at radius 1 is 1.09 bits per heavy atom. The van der Waals surface area contributed by atoms with Gasteiger partial charge in [0.15, 0.2) is 5.60 Å². The maximum absolute atomic E-state index is 14.6. The molecule has 0 saturated carbocycles. The highest BCUT2D eigenvalue weighted by Gasteiger charge is 2.67.